The average molecular weight is 292 g/mol. The second kappa shape index (κ2) is 9.27. The number of hydrogen-bond acceptors (Lipinski definition) is 3. The van der Waals surface area contributed by atoms with Crippen LogP contribution in [0, 0.1) is 0 Å². The first-order chi connectivity index (χ1) is 10.1. The largest absolute Gasteiger partial charge is 0.505 e. The predicted octanol–water partition coefficient (Wildman–Crippen LogP) is 3.80. The molecule has 0 aromatic heterocycles. The Morgan fingerprint density at radius 1 is 1.10 bits per heavy atom. The first-order valence-electron chi connectivity index (χ1n) is 7.98. The maximum atomic E-state index is 12.6. The summed E-state index contributed by atoms with van der Waals surface area (Å²) in [6.45, 7) is 5.77. The Morgan fingerprint density at radius 2 is 1.67 bits per heavy atom. The van der Waals surface area contributed by atoms with Gasteiger partial charge in [0.2, 0.25) is 0 Å². The normalized spacial score (nSPS) is 10.6. The molecule has 1 amide bonds. The van der Waals surface area contributed by atoms with Crippen LogP contribution in [0.2, 0.25) is 0 Å². The highest BCUT2D eigenvalue weighted by Crippen LogP contribution is 2.26. The van der Waals surface area contributed by atoms with Crippen LogP contribution >= 0.6 is 0 Å². The van der Waals surface area contributed by atoms with Crippen LogP contribution in [0.5, 0.6) is 5.75 Å². The van der Waals surface area contributed by atoms with Crippen LogP contribution in [-0.2, 0) is 0 Å². The van der Waals surface area contributed by atoms with Gasteiger partial charge in [0.15, 0.2) is 5.75 Å². The fourth-order valence-corrected chi connectivity index (χ4v) is 2.32. The Bertz CT molecular complexity index is 436. The smallest absolute Gasteiger partial charge is 0.257 e. The number of phenolic OH excluding ortho intramolecular Hbond substituents is 1. The van der Waals surface area contributed by atoms with E-state index in [4.69, 9.17) is 5.73 Å². The number of anilines is 1. The molecule has 0 aliphatic heterocycles. The van der Waals surface area contributed by atoms with E-state index in [1.165, 1.54) is 0 Å². The number of unbranched alkanes of at least 4 members (excludes halogenated alkanes) is 4. The molecule has 3 N–H and O–H groups in total. The molecule has 0 spiro atoms. The molecule has 0 radical (unpaired) electrons. The molecular weight excluding hydrogens is 264 g/mol. The zero-order valence-electron chi connectivity index (χ0n) is 13.3. The third kappa shape index (κ3) is 5.29. The molecule has 0 heterocycles. The number of amides is 1. The van der Waals surface area contributed by atoms with E-state index in [2.05, 4.69) is 13.8 Å². The molecule has 118 valence electrons. The summed E-state index contributed by atoms with van der Waals surface area (Å²) in [5, 5.41) is 9.99. The summed E-state index contributed by atoms with van der Waals surface area (Å²) in [6, 6.07) is 4.95. The Kier molecular flexibility index (Phi) is 7.65. The van der Waals surface area contributed by atoms with Crippen LogP contribution in [0.1, 0.15) is 62.7 Å². The molecule has 1 aromatic rings. The average Bonchev–Trinajstić information content (AvgIpc) is 2.48. The van der Waals surface area contributed by atoms with Crippen LogP contribution in [0.3, 0.4) is 0 Å². The minimum Gasteiger partial charge on any atom is -0.505 e. The Labute approximate surface area is 128 Å². The summed E-state index contributed by atoms with van der Waals surface area (Å²) in [7, 11) is 0. The van der Waals surface area contributed by atoms with Crippen LogP contribution < -0.4 is 5.73 Å². The van der Waals surface area contributed by atoms with Crippen molar-refractivity contribution in [3.63, 3.8) is 0 Å². The molecule has 0 aliphatic carbocycles. The number of nitrogens with zero attached hydrogens (tertiary/aromatic N) is 1. The van der Waals surface area contributed by atoms with Crippen molar-refractivity contribution < 1.29 is 9.90 Å². The number of aromatic hydroxyl groups is 1. The van der Waals surface area contributed by atoms with Gasteiger partial charge in [-0.3, -0.25) is 4.79 Å². The van der Waals surface area contributed by atoms with E-state index in [0.717, 1.165) is 51.6 Å². The third-order valence-electron chi connectivity index (χ3n) is 3.65. The van der Waals surface area contributed by atoms with Crippen molar-refractivity contribution in [3.05, 3.63) is 23.8 Å². The van der Waals surface area contributed by atoms with Crippen molar-refractivity contribution in [2.24, 2.45) is 0 Å². The number of hydrogen-bond donors (Lipinski definition) is 2. The highest BCUT2D eigenvalue weighted by molar-refractivity contribution is 5.98. The summed E-state index contributed by atoms with van der Waals surface area (Å²) in [6.07, 6.45) is 6.47. The summed E-state index contributed by atoms with van der Waals surface area (Å²) in [5.41, 5.74) is 6.24. The number of benzene rings is 1. The van der Waals surface area contributed by atoms with Crippen LogP contribution in [0.15, 0.2) is 18.2 Å². The van der Waals surface area contributed by atoms with Gasteiger partial charge in [0.05, 0.1) is 11.3 Å². The number of phenols is 1. The zero-order valence-corrected chi connectivity index (χ0v) is 13.3. The number of para-hydroxylation sites is 1. The van der Waals surface area contributed by atoms with E-state index in [1.54, 1.807) is 18.2 Å². The summed E-state index contributed by atoms with van der Waals surface area (Å²) >= 11 is 0. The highest BCUT2D eigenvalue weighted by atomic mass is 16.3. The van der Waals surface area contributed by atoms with Gasteiger partial charge in [0.1, 0.15) is 0 Å². The standard InChI is InChI=1S/C17H28N2O2/c1-3-5-7-12-19(13-8-6-4-2)17(21)14-10-9-11-15(18)16(14)20/h9-11,20H,3-8,12-13,18H2,1-2H3. The second-order valence-electron chi connectivity index (χ2n) is 5.45. The topological polar surface area (TPSA) is 66.6 Å². The summed E-state index contributed by atoms with van der Waals surface area (Å²) < 4.78 is 0. The molecule has 0 bridgehead atoms. The molecule has 1 rings (SSSR count). The lowest BCUT2D eigenvalue weighted by Gasteiger charge is -2.23. The molecule has 0 saturated heterocycles. The van der Waals surface area contributed by atoms with E-state index in [0.29, 0.717) is 5.56 Å². The molecule has 21 heavy (non-hydrogen) atoms. The summed E-state index contributed by atoms with van der Waals surface area (Å²) in [4.78, 5) is 14.5. The molecule has 4 heteroatoms. The fraction of sp³-hybridized carbons (Fsp3) is 0.588. The zero-order chi connectivity index (χ0) is 15.7. The van der Waals surface area contributed by atoms with Gasteiger partial charge in [0, 0.05) is 13.1 Å². The van der Waals surface area contributed by atoms with Gasteiger partial charge in [-0.15, -0.1) is 0 Å². The minimum atomic E-state index is -0.119. The number of carbonyl (C=O) groups excluding carboxylic acids is 1. The molecule has 0 aliphatic rings. The van der Waals surface area contributed by atoms with Crippen molar-refractivity contribution in [2.75, 3.05) is 18.8 Å². The summed E-state index contributed by atoms with van der Waals surface area (Å²) in [5.74, 6) is -0.217. The lowest BCUT2D eigenvalue weighted by molar-refractivity contribution is 0.0746. The van der Waals surface area contributed by atoms with Crippen LogP contribution in [0.25, 0.3) is 0 Å². The molecule has 0 atom stereocenters. The number of carbonyl (C=O) groups is 1. The van der Waals surface area contributed by atoms with E-state index in [1.807, 2.05) is 4.90 Å². The molecule has 4 nitrogen and oxygen atoms in total. The SMILES string of the molecule is CCCCCN(CCCCC)C(=O)c1cccc(N)c1O. The molecule has 1 aromatic carbocycles. The van der Waals surface area contributed by atoms with E-state index in [9.17, 15) is 9.90 Å². The van der Waals surface area contributed by atoms with Gasteiger partial charge in [-0.25, -0.2) is 0 Å². The van der Waals surface area contributed by atoms with Gasteiger partial charge in [0.25, 0.3) is 5.91 Å². The van der Waals surface area contributed by atoms with E-state index >= 15 is 0 Å². The number of nitrogens with two attached hydrogens (primary N) is 1. The van der Waals surface area contributed by atoms with Crippen molar-refractivity contribution in [1.29, 1.82) is 0 Å². The second-order valence-corrected chi connectivity index (χ2v) is 5.45. The van der Waals surface area contributed by atoms with Crippen molar-refractivity contribution in [1.82, 2.24) is 4.90 Å². The Balaban J connectivity index is 2.79. The van der Waals surface area contributed by atoms with E-state index in [-0.39, 0.29) is 17.3 Å². The van der Waals surface area contributed by atoms with Crippen molar-refractivity contribution in [2.45, 2.75) is 52.4 Å². The van der Waals surface area contributed by atoms with Crippen LogP contribution in [-0.4, -0.2) is 29.0 Å². The third-order valence-corrected chi connectivity index (χ3v) is 3.65. The first-order valence-corrected chi connectivity index (χ1v) is 7.98. The lowest BCUT2D eigenvalue weighted by atomic mass is 10.1. The molecule has 0 fully saturated rings. The van der Waals surface area contributed by atoms with Gasteiger partial charge >= 0.3 is 0 Å². The van der Waals surface area contributed by atoms with Crippen molar-refractivity contribution >= 4 is 11.6 Å². The highest BCUT2D eigenvalue weighted by Gasteiger charge is 2.19. The lowest BCUT2D eigenvalue weighted by Crippen LogP contribution is -2.33. The Hall–Kier alpha value is -1.71. The van der Waals surface area contributed by atoms with Gasteiger partial charge in [-0.1, -0.05) is 45.6 Å². The monoisotopic (exact) mass is 292 g/mol. The maximum Gasteiger partial charge on any atom is 0.257 e. The molecular formula is C17H28N2O2. The quantitative estimate of drug-likeness (QED) is 0.413. The van der Waals surface area contributed by atoms with Crippen molar-refractivity contribution in [3.8, 4) is 5.75 Å². The van der Waals surface area contributed by atoms with Gasteiger partial charge in [-0.05, 0) is 25.0 Å². The first kappa shape index (κ1) is 17.3. The fourth-order valence-electron chi connectivity index (χ4n) is 2.32. The number of rotatable bonds is 9. The predicted molar refractivity (Wildman–Crippen MR) is 87.5 cm³/mol. The van der Waals surface area contributed by atoms with Gasteiger partial charge in [-0.2, -0.15) is 0 Å². The van der Waals surface area contributed by atoms with E-state index < -0.39 is 0 Å². The Morgan fingerprint density at radius 3 is 2.19 bits per heavy atom. The van der Waals surface area contributed by atoms with Gasteiger partial charge < -0.3 is 15.7 Å². The van der Waals surface area contributed by atoms with Crippen LogP contribution in [0.4, 0.5) is 5.69 Å². The number of nitrogen functional groups attached to an aromatic ring is 1. The maximum absolute atomic E-state index is 12.6. The molecule has 0 saturated carbocycles. The molecule has 0 unspecified atom stereocenters. The minimum absolute atomic E-state index is 0.0986.